The minimum absolute atomic E-state index is 0.741. The zero-order valence-corrected chi connectivity index (χ0v) is 14.9. The van der Waals surface area contributed by atoms with Crippen molar-refractivity contribution in [2.45, 2.75) is 51.6 Å². The number of nitrogens with zero attached hydrogens (tertiary/aromatic N) is 2. The Kier molecular flexibility index (Phi) is 3.63. The topological polar surface area (TPSA) is 29.9 Å². The van der Waals surface area contributed by atoms with Gasteiger partial charge in [-0.1, -0.05) is 17.7 Å². The lowest BCUT2D eigenvalue weighted by Gasteiger charge is -2.17. The van der Waals surface area contributed by atoms with E-state index in [2.05, 4.69) is 58.3 Å². The fraction of sp³-hybridized carbons (Fsp3) is 0.409. The molecule has 3 aromatic rings. The van der Waals surface area contributed by atoms with Crippen LogP contribution in [0.3, 0.4) is 0 Å². The Hall–Kier alpha value is -2.13. The maximum Gasteiger partial charge on any atom is 0.0486 e. The van der Waals surface area contributed by atoms with E-state index in [1.807, 2.05) is 0 Å². The summed E-state index contributed by atoms with van der Waals surface area (Å²) in [6.45, 7) is 5.31. The molecule has 0 spiro atoms. The van der Waals surface area contributed by atoms with Crippen molar-refractivity contribution in [3.8, 4) is 0 Å². The van der Waals surface area contributed by atoms with Gasteiger partial charge in [0.2, 0.25) is 0 Å². The average Bonchev–Trinajstić information content (AvgIpc) is 3.45. The van der Waals surface area contributed by atoms with Crippen LogP contribution < -0.4 is 5.32 Å². The van der Waals surface area contributed by atoms with Crippen molar-refractivity contribution in [2.24, 2.45) is 0 Å². The number of rotatable bonds is 4. The molecule has 0 unspecified atom stereocenters. The number of pyridine rings is 1. The molecule has 0 saturated heterocycles. The van der Waals surface area contributed by atoms with Gasteiger partial charge in [-0.2, -0.15) is 0 Å². The lowest BCUT2D eigenvalue weighted by molar-refractivity contribution is 0.594. The molecule has 1 fully saturated rings. The minimum Gasteiger partial charge on any atom is -0.344 e. The Morgan fingerprint density at radius 1 is 1.20 bits per heavy atom. The van der Waals surface area contributed by atoms with E-state index in [-0.39, 0.29) is 0 Å². The molecule has 5 rings (SSSR count). The zero-order chi connectivity index (χ0) is 16.8. The molecule has 25 heavy (non-hydrogen) atoms. The van der Waals surface area contributed by atoms with Crippen molar-refractivity contribution in [1.29, 1.82) is 0 Å². The molecular weight excluding hydrogens is 306 g/mol. The third-order valence-corrected chi connectivity index (χ3v) is 5.75. The van der Waals surface area contributed by atoms with Crippen molar-refractivity contribution >= 4 is 10.9 Å². The molecule has 0 bridgehead atoms. The van der Waals surface area contributed by atoms with Crippen molar-refractivity contribution in [3.63, 3.8) is 0 Å². The van der Waals surface area contributed by atoms with Gasteiger partial charge in [0.25, 0.3) is 0 Å². The average molecular weight is 331 g/mol. The van der Waals surface area contributed by atoms with Gasteiger partial charge >= 0.3 is 0 Å². The summed E-state index contributed by atoms with van der Waals surface area (Å²) in [5, 5.41) is 4.97. The lowest BCUT2D eigenvalue weighted by atomic mass is 10.0. The van der Waals surface area contributed by atoms with Crippen LogP contribution in [-0.2, 0) is 25.9 Å². The third-order valence-electron chi connectivity index (χ3n) is 5.75. The predicted octanol–water partition coefficient (Wildman–Crippen LogP) is 4.11. The van der Waals surface area contributed by atoms with Crippen molar-refractivity contribution in [1.82, 2.24) is 14.9 Å². The van der Waals surface area contributed by atoms with Crippen molar-refractivity contribution in [2.75, 3.05) is 6.54 Å². The molecule has 1 aromatic carbocycles. The molecule has 2 aliphatic rings. The second-order valence-corrected chi connectivity index (χ2v) is 7.64. The highest BCUT2D eigenvalue weighted by Gasteiger charge is 2.24. The fourth-order valence-corrected chi connectivity index (χ4v) is 4.19. The number of nitrogens with one attached hydrogen (secondary N) is 1. The molecule has 0 amide bonds. The molecule has 2 aromatic heterocycles. The van der Waals surface area contributed by atoms with Crippen molar-refractivity contribution < 1.29 is 0 Å². The molecule has 3 nitrogen and oxygen atoms in total. The predicted molar refractivity (Wildman–Crippen MR) is 102 cm³/mol. The Balaban J connectivity index is 1.45. The summed E-state index contributed by atoms with van der Waals surface area (Å²) in [6.07, 6.45) is 6.91. The van der Waals surface area contributed by atoms with Gasteiger partial charge in [0.05, 0.1) is 0 Å². The summed E-state index contributed by atoms with van der Waals surface area (Å²) >= 11 is 0. The summed E-state index contributed by atoms with van der Waals surface area (Å²) in [5.41, 5.74) is 8.41. The van der Waals surface area contributed by atoms with Crippen LogP contribution in [0.1, 0.15) is 46.8 Å². The van der Waals surface area contributed by atoms with Gasteiger partial charge in [-0.25, -0.2) is 0 Å². The van der Waals surface area contributed by atoms with Crippen LogP contribution in [0.25, 0.3) is 10.9 Å². The first-order valence-electron chi connectivity index (χ1n) is 9.56. The van der Waals surface area contributed by atoms with Gasteiger partial charge in [0.1, 0.15) is 0 Å². The first kappa shape index (κ1) is 15.2. The SMILES string of the molecule is Cc1ccc2c(c1)c1c(n2CCc2ccc(C3CC3)nc2)CCNC1. The smallest absolute Gasteiger partial charge is 0.0486 e. The largest absolute Gasteiger partial charge is 0.344 e. The molecule has 1 aliphatic carbocycles. The Labute approximate surface area is 149 Å². The molecule has 128 valence electrons. The van der Waals surface area contributed by atoms with Gasteiger partial charge in [0, 0.05) is 60.5 Å². The monoisotopic (exact) mass is 331 g/mol. The molecule has 3 heterocycles. The van der Waals surface area contributed by atoms with Crippen LogP contribution in [0.15, 0.2) is 36.5 Å². The van der Waals surface area contributed by atoms with E-state index in [0.717, 1.165) is 38.4 Å². The molecule has 1 aliphatic heterocycles. The van der Waals surface area contributed by atoms with Crippen LogP contribution in [0, 0.1) is 6.92 Å². The van der Waals surface area contributed by atoms with Crippen LogP contribution >= 0.6 is 0 Å². The van der Waals surface area contributed by atoms with Crippen LogP contribution in [-0.4, -0.2) is 16.1 Å². The van der Waals surface area contributed by atoms with E-state index in [4.69, 9.17) is 0 Å². The highest BCUT2D eigenvalue weighted by atomic mass is 15.0. The summed E-state index contributed by atoms with van der Waals surface area (Å²) < 4.78 is 2.56. The molecule has 1 N–H and O–H groups in total. The van der Waals surface area contributed by atoms with Crippen LogP contribution in [0.5, 0.6) is 0 Å². The van der Waals surface area contributed by atoms with Gasteiger partial charge < -0.3 is 9.88 Å². The number of aromatic nitrogens is 2. The summed E-state index contributed by atoms with van der Waals surface area (Å²) in [6, 6.07) is 11.4. The van der Waals surface area contributed by atoms with E-state index in [9.17, 15) is 0 Å². The van der Waals surface area contributed by atoms with E-state index in [1.54, 1.807) is 0 Å². The van der Waals surface area contributed by atoms with Gasteiger partial charge in [-0.15, -0.1) is 0 Å². The van der Waals surface area contributed by atoms with Crippen molar-refractivity contribution in [3.05, 3.63) is 64.6 Å². The number of benzene rings is 1. The molecule has 3 heteroatoms. The van der Waals surface area contributed by atoms with E-state index in [1.165, 1.54) is 51.8 Å². The van der Waals surface area contributed by atoms with Crippen LogP contribution in [0.2, 0.25) is 0 Å². The molecular formula is C22H25N3. The number of hydrogen-bond donors (Lipinski definition) is 1. The number of aryl methyl sites for hydroxylation is 3. The Morgan fingerprint density at radius 2 is 2.12 bits per heavy atom. The Morgan fingerprint density at radius 3 is 2.92 bits per heavy atom. The Bertz CT molecular complexity index is 917. The minimum atomic E-state index is 0.741. The second-order valence-electron chi connectivity index (χ2n) is 7.64. The number of hydrogen-bond acceptors (Lipinski definition) is 2. The quantitative estimate of drug-likeness (QED) is 0.780. The standard InChI is InChI=1S/C22H25N3/c1-15-2-7-21-18(12-15)19-14-23-10-8-22(19)25(21)11-9-16-3-6-20(24-13-16)17-4-5-17/h2-3,6-7,12-13,17,23H,4-5,8-11,14H2,1H3. The summed E-state index contributed by atoms with van der Waals surface area (Å²) in [7, 11) is 0. The van der Waals surface area contributed by atoms with Crippen LogP contribution in [0.4, 0.5) is 0 Å². The summed E-state index contributed by atoms with van der Waals surface area (Å²) in [4.78, 5) is 4.68. The molecule has 0 atom stereocenters. The zero-order valence-electron chi connectivity index (χ0n) is 14.9. The van der Waals surface area contributed by atoms with Gasteiger partial charge in [0.15, 0.2) is 0 Å². The molecule has 1 saturated carbocycles. The first-order chi connectivity index (χ1) is 12.3. The fourth-order valence-electron chi connectivity index (χ4n) is 4.19. The maximum atomic E-state index is 4.68. The van der Waals surface area contributed by atoms with E-state index in [0.29, 0.717) is 0 Å². The summed E-state index contributed by atoms with van der Waals surface area (Å²) in [5.74, 6) is 0.741. The highest BCUT2D eigenvalue weighted by Crippen LogP contribution is 2.38. The normalized spacial score (nSPS) is 17.0. The van der Waals surface area contributed by atoms with E-state index >= 15 is 0 Å². The third kappa shape index (κ3) is 2.77. The maximum absolute atomic E-state index is 4.68. The van der Waals surface area contributed by atoms with Gasteiger partial charge in [-0.05, 0) is 55.5 Å². The second kappa shape index (κ2) is 5.99. The first-order valence-corrected chi connectivity index (χ1v) is 9.56. The molecule has 0 radical (unpaired) electrons. The van der Waals surface area contributed by atoms with Gasteiger partial charge in [-0.3, -0.25) is 4.98 Å². The highest BCUT2D eigenvalue weighted by molar-refractivity contribution is 5.86. The van der Waals surface area contributed by atoms with E-state index < -0.39 is 0 Å². The number of fused-ring (bicyclic) bond motifs is 3. The lowest BCUT2D eigenvalue weighted by Crippen LogP contribution is -2.24.